The molecule has 1 saturated carbocycles. The molecule has 2 aromatic rings. The molecule has 5 nitrogen and oxygen atoms in total. The summed E-state index contributed by atoms with van der Waals surface area (Å²) in [6, 6.07) is 10.7. The summed E-state index contributed by atoms with van der Waals surface area (Å²) in [6.07, 6.45) is 4.25. The van der Waals surface area contributed by atoms with E-state index in [2.05, 4.69) is 26.6 Å². The predicted octanol–water partition coefficient (Wildman–Crippen LogP) is 2.87. The summed E-state index contributed by atoms with van der Waals surface area (Å²) in [4.78, 5) is 2.45. The van der Waals surface area contributed by atoms with Crippen LogP contribution in [-0.4, -0.2) is 37.9 Å². The van der Waals surface area contributed by atoms with E-state index in [0.717, 1.165) is 49.7 Å². The molecule has 0 spiro atoms. The standard InChI is InChI=1S/C19H26N4O/c1-14-20-21-18(23(14)17-7-8-17)13-22-11-9-16(10-12-22)19(24)15-5-3-2-4-6-15/h2-6,16-17,19,24H,7-13H2,1H3. The maximum atomic E-state index is 10.6. The molecule has 1 atom stereocenters. The Balaban J connectivity index is 1.35. The van der Waals surface area contributed by atoms with Crippen LogP contribution in [-0.2, 0) is 6.54 Å². The minimum absolute atomic E-state index is 0.342. The molecule has 1 aromatic heterocycles. The number of nitrogens with zero attached hydrogens (tertiary/aromatic N) is 4. The van der Waals surface area contributed by atoms with Crippen molar-refractivity contribution in [3.05, 3.63) is 47.5 Å². The van der Waals surface area contributed by atoms with E-state index >= 15 is 0 Å². The monoisotopic (exact) mass is 326 g/mol. The number of hydrogen-bond acceptors (Lipinski definition) is 4. The molecule has 2 heterocycles. The lowest BCUT2D eigenvalue weighted by Gasteiger charge is -2.34. The second kappa shape index (κ2) is 6.65. The van der Waals surface area contributed by atoms with E-state index in [-0.39, 0.29) is 6.10 Å². The fourth-order valence-electron chi connectivity index (χ4n) is 3.88. The van der Waals surface area contributed by atoms with E-state index in [1.54, 1.807) is 0 Å². The van der Waals surface area contributed by atoms with Gasteiger partial charge in [0.25, 0.3) is 0 Å². The molecule has 128 valence electrons. The number of hydrogen-bond donors (Lipinski definition) is 1. The molecule has 0 amide bonds. The Labute approximate surface area is 143 Å². The lowest BCUT2D eigenvalue weighted by atomic mass is 9.87. The van der Waals surface area contributed by atoms with Crippen LogP contribution in [0.5, 0.6) is 0 Å². The van der Waals surface area contributed by atoms with E-state index in [4.69, 9.17) is 0 Å². The Hall–Kier alpha value is -1.72. The molecule has 4 rings (SSSR count). The number of aliphatic hydroxyl groups excluding tert-OH is 1. The average molecular weight is 326 g/mol. The lowest BCUT2D eigenvalue weighted by molar-refractivity contribution is 0.0557. The number of piperidine rings is 1. The van der Waals surface area contributed by atoms with Gasteiger partial charge in [0.1, 0.15) is 11.6 Å². The zero-order valence-corrected chi connectivity index (χ0v) is 14.3. The van der Waals surface area contributed by atoms with Crippen LogP contribution in [0.15, 0.2) is 30.3 Å². The van der Waals surface area contributed by atoms with Gasteiger partial charge in [-0.15, -0.1) is 10.2 Å². The molecule has 2 aliphatic rings. The molecule has 0 bridgehead atoms. The molecule has 1 unspecified atom stereocenters. The number of likely N-dealkylation sites (tertiary alicyclic amines) is 1. The van der Waals surface area contributed by atoms with Crippen molar-refractivity contribution in [2.24, 2.45) is 5.92 Å². The Bertz CT molecular complexity index is 672. The van der Waals surface area contributed by atoms with E-state index < -0.39 is 0 Å². The van der Waals surface area contributed by atoms with Crippen molar-refractivity contribution in [3.63, 3.8) is 0 Å². The van der Waals surface area contributed by atoms with Crippen LogP contribution in [0.1, 0.15) is 55.0 Å². The number of aliphatic hydroxyl groups is 1. The van der Waals surface area contributed by atoms with Gasteiger partial charge in [0, 0.05) is 6.04 Å². The van der Waals surface area contributed by atoms with Gasteiger partial charge in [-0.25, -0.2) is 0 Å². The first-order valence-corrected chi connectivity index (χ1v) is 9.08. The molecule has 2 fully saturated rings. The third-order valence-electron chi connectivity index (χ3n) is 5.43. The normalized spacial score (nSPS) is 21.1. The van der Waals surface area contributed by atoms with Gasteiger partial charge in [-0.3, -0.25) is 4.90 Å². The highest BCUT2D eigenvalue weighted by atomic mass is 16.3. The Morgan fingerprint density at radius 1 is 1.08 bits per heavy atom. The Kier molecular flexibility index (Phi) is 4.37. The molecular weight excluding hydrogens is 300 g/mol. The quantitative estimate of drug-likeness (QED) is 0.918. The first-order chi connectivity index (χ1) is 11.7. The van der Waals surface area contributed by atoms with E-state index in [9.17, 15) is 5.11 Å². The molecule has 0 radical (unpaired) electrons. The zero-order chi connectivity index (χ0) is 16.5. The van der Waals surface area contributed by atoms with Crippen LogP contribution in [0.3, 0.4) is 0 Å². The SMILES string of the molecule is Cc1nnc(CN2CCC(C(O)c3ccccc3)CC2)n1C1CC1. The fourth-order valence-corrected chi connectivity index (χ4v) is 3.88. The van der Waals surface area contributed by atoms with Crippen LogP contribution in [0.25, 0.3) is 0 Å². The maximum Gasteiger partial charge on any atom is 0.147 e. The molecule has 1 aliphatic heterocycles. The van der Waals surface area contributed by atoms with E-state index in [1.807, 2.05) is 30.3 Å². The second-order valence-electron chi connectivity index (χ2n) is 7.23. The molecule has 1 aromatic carbocycles. The van der Waals surface area contributed by atoms with E-state index in [0.29, 0.717) is 12.0 Å². The van der Waals surface area contributed by atoms with Gasteiger partial charge in [0.15, 0.2) is 0 Å². The summed E-state index contributed by atoms with van der Waals surface area (Å²) >= 11 is 0. The van der Waals surface area contributed by atoms with Crippen LogP contribution in [0.4, 0.5) is 0 Å². The highest BCUT2D eigenvalue weighted by Gasteiger charge is 2.30. The number of rotatable bonds is 5. The third-order valence-corrected chi connectivity index (χ3v) is 5.43. The van der Waals surface area contributed by atoms with Gasteiger partial charge in [-0.2, -0.15) is 0 Å². The second-order valence-corrected chi connectivity index (χ2v) is 7.23. The van der Waals surface area contributed by atoms with Crippen LogP contribution >= 0.6 is 0 Å². The molecule has 1 N–H and O–H groups in total. The highest BCUT2D eigenvalue weighted by molar-refractivity contribution is 5.18. The largest absolute Gasteiger partial charge is 0.388 e. The molecule has 5 heteroatoms. The van der Waals surface area contributed by atoms with Gasteiger partial charge < -0.3 is 9.67 Å². The van der Waals surface area contributed by atoms with Crippen molar-refractivity contribution in [2.75, 3.05) is 13.1 Å². The van der Waals surface area contributed by atoms with Crippen molar-refractivity contribution in [3.8, 4) is 0 Å². The number of benzene rings is 1. The highest BCUT2D eigenvalue weighted by Crippen LogP contribution is 2.37. The predicted molar refractivity (Wildman–Crippen MR) is 92.4 cm³/mol. The molecule has 1 saturated heterocycles. The van der Waals surface area contributed by atoms with Crippen molar-refractivity contribution < 1.29 is 5.11 Å². The summed E-state index contributed by atoms with van der Waals surface area (Å²) in [6.45, 7) is 4.97. The molecule has 24 heavy (non-hydrogen) atoms. The first kappa shape index (κ1) is 15.8. The summed E-state index contributed by atoms with van der Waals surface area (Å²) in [5, 5.41) is 19.3. The summed E-state index contributed by atoms with van der Waals surface area (Å²) in [7, 11) is 0. The van der Waals surface area contributed by atoms with Gasteiger partial charge in [-0.05, 0) is 57.2 Å². The van der Waals surface area contributed by atoms with Crippen molar-refractivity contribution >= 4 is 0 Å². The first-order valence-electron chi connectivity index (χ1n) is 9.08. The Morgan fingerprint density at radius 2 is 1.79 bits per heavy atom. The van der Waals surface area contributed by atoms with Gasteiger partial charge in [0.2, 0.25) is 0 Å². The minimum atomic E-state index is -0.342. The topological polar surface area (TPSA) is 54.2 Å². The fraction of sp³-hybridized carbons (Fsp3) is 0.579. The smallest absolute Gasteiger partial charge is 0.147 e. The third kappa shape index (κ3) is 3.23. The Morgan fingerprint density at radius 3 is 2.46 bits per heavy atom. The maximum absolute atomic E-state index is 10.6. The molecular formula is C19H26N4O. The van der Waals surface area contributed by atoms with Gasteiger partial charge in [-0.1, -0.05) is 30.3 Å². The zero-order valence-electron chi connectivity index (χ0n) is 14.3. The minimum Gasteiger partial charge on any atom is -0.388 e. The average Bonchev–Trinajstić information content (AvgIpc) is 3.39. The van der Waals surface area contributed by atoms with Crippen molar-refractivity contribution in [1.29, 1.82) is 0 Å². The van der Waals surface area contributed by atoms with Crippen molar-refractivity contribution in [1.82, 2.24) is 19.7 Å². The summed E-state index contributed by atoms with van der Waals surface area (Å²) in [5.74, 6) is 2.51. The van der Waals surface area contributed by atoms with E-state index in [1.165, 1.54) is 12.8 Å². The lowest BCUT2D eigenvalue weighted by Crippen LogP contribution is -2.36. The van der Waals surface area contributed by atoms with Crippen LogP contribution < -0.4 is 0 Å². The number of aromatic nitrogens is 3. The summed E-state index contributed by atoms with van der Waals surface area (Å²) in [5.41, 5.74) is 1.04. The van der Waals surface area contributed by atoms with Gasteiger partial charge in [0.05, 0.1) is 12.6 Å². The van der Waals surface area contributed by atoms with Crippen LogP contribution in [0.2, 0.25) is 0 Å². The van der Waals surface area contributed by atoms with Gasteiger partial charge >= 0.3 is 0 Å². The summed E-state index contributed by atoms with van der Waals surface area (Å²) < 4.78 is 2.32. The van der Waals surface area contributed by atoms with Crippen LogP contribution in [0, 0.1) is 12.8 Å². The van der Waals surface area contributed by atoms with Crippen molar-refractivity contribution in [2.45, 2.75) is 51.3 Å². The number of aryl methyl sites for hydroxylation is 1. The molecule has 1 aliphatic carbocycles.